The molecule has 10 heteroatoms. The van der Waals surface area contributed by atoms with Crippen molar-refractivity contribution >= 4 is 16.6 Å². The van der Waals surface area contributed by atoms with Gasteiger partial charge in [0.05, 0.1) is 23.3 Å². The molecule has 4 aromatic heterocycles. The van der Waals surface area contributed by atoms with Crippen LogP contribution in [0.5, 0.6) is 0 Å². The van der Waals surface area contributed by atoms with Crippen molar-refractivity contribution in [1.29, 1.82) is 5.26 Å². The zero-order valence-corrected chi connectivity index (χ0v) is 17.4. The molecule has 1 aromatic carbocycles. The van der Waals surface area contributed by atoms with Crippen LogP contribution in [0.25, 0.3) is 28.1 Å². The second-order valence-corrected chi connectivity index (χ2v) is 8.20. The number of halogens is 1. The molecule has 2 unspecified atom stereocenters. The Hall–Kier alpha value is -4.39. The van der Waals surface area contributed by atoms with E-state index in [2.05, 4.69) is 27.0 Å². The fraction of sp³-hybridized carbons (Fsp3) is 0.217. The molecule has 5 aromatic rings. The fourth-order valence-electron chi connectivity index (χ4n) is 4.21. The summed E-state index contributed by atoms with van der Waals surface area (Å²) in [5, 5.41) is 13.7. The van der Waals surface area contributed by atoms with Crippen molar-refractivity contribution in [3.63, 3.8) is 0 Å². The normalized spacial score (nSPS) is 17.5. The van der Waals surface area contributed by atoms with Gasteiger partial charge in [-0.1, -0.05) is 18.1 Å². The van der Waals surface area contributed by atoms with E-state index in [-0.39, 0.29) is 40.6 Å². The number of rotatable bonds is 4. The Balaban J connectivity index is 1.65. The second kappa shape index (κ2) is 7.06. The van der Waals surface area contributed by atoms with Gasteiger partial charge in [-0.2, -0.15) is 10.2 Å². The van der Waals surface area contributed by atoms with Crippen molar-refractivity contribution < 1.29 is 8.91 Å². The summed E-state index contributed by atoms with van der Waals surface area (Å²) < 4.78 is 22.9. The molecular formula is C23H16FN7O2. The lowest BCUT2D eigenvalue weighted by atomic mass is 10.1. The van der Waals surface area contributed by atoms with Crippen molar-refractivity contribution in [2.24, 2.45) is 5.92 Å². The van der Waals surface area contributed by atoms with E-state index >= 15 is 0 Å². The van der Waals surface area contributed by atoms with E-state index in [9.17, 15) is 14.4 Å². The van der Waals surface area contributed by atoms with Crippen LogP contribution >= 0.6 is 0 Å². The largest absolute Gasteiger partial charge is 0.339 e. The van der Waals surface area contributed by atoms with E-state index in [1.807, 2.05) is 6.07 Å². The summed E-state index contributed by atoms with van der Waals surface area (Å²) in [5.74, 6) is 0.746. The van der Waals surface area contributed by atoms with Crippen LogP contribution in [0.2, 0.25) is 0 Å². The zero-order valence-electron chi connectivity index (χ0n) is 17.4. The van der Waals surface area contributed by atoms with E-state index < -0.39 is 11.4 Å². The first-order valence-electron chi connectivity index (χ1n) is 10.4. The van der Waals surface area contributed by atoms with Gasteiger partial charge in [-0.05, 0) is 36.6 Å². The summed E-state index contributed by atoms with van der Waals surface area (Å²) in [7, 11) is 0. The maximum Gasteiger partial charge on any atom is 0.278 e. The second-order valence-electron chi connectivity index (χ2n) is 8.20. The Morgan fingerprint density at radius 1 is 1.24 bits per heavy atom. The molecule has 1 saturated carbocycles. The molecule has 0 saturated heterocycles. The molecule has 0 aliphatic heterocycles. The summed E-state index contributed by atoms with van der Waals surface area (Å²) in [4.78, 5) is 26.9. The van der Waals surface area contributed by atoms with Gasteiger partial charge in [-0.25, -0.2) is 9.37 Å². The van der Waals surface area contributed by atoms with Crippen LogP contribution in [0.4, 0.5) is 4.39 Å². The van der Waals surface area contributed by atoms with Gasteiger partial charge in [0, 0.05) is 12.1 Å². The molecule has 0 amide bonds. The Labute approximate surface area is 185 Å². The van der Waals surface area contributed by atoms with Crippen molar-refractivity contribution in [3.05, 3.63) is 76.2 Å². The molecule has 1 fully saturated rings. The van der Waals surface area contributed by atoms with Crippen LogP contribution in [-0.2, 0) is 6.54 Å². The maximum atomic E-state index is 14.5. The van der Waals surface area contributed by atoms with Crippen molar-refractivity contribution in [1.82, 2.24) is 29.1 Å². The SMILES string of the molecule is CC1CC1c1nc(-c2ncn3c2c(=O)n(Cc2ccccn2)c2c(C#N)c(F)ccc23)no1. The molecule has 2 atom stereocenters. The molecule has 0 radical (unpaired) electrons. The van der Waals surface area contributed by atoms with Gasteiger partial charge in [-0.15, -0.1) is 0 Å². The number of nitriles is 1. The Morgan fingerprint density at radius 3 is 2.82 bits per heavy atom. The molecule has 162 valence electrons. The highest BCUT2D eigenvalue weighted by atomic mass is 19.1. The third-order valence-corrected chi connectivity index (χ3v) is 6.09. The Kier molecular flexibility index (Phi) is 4.13. The predicted molar refractivity (Wildman–Crippen MR) is 115 cm³/mol. The van der Waals surface area contributed by atoms with Crippen molar-refractivity contribution in [2.75, 3.05) is 0 Å². The Bertz CT molecular complexity index is 1650. The van der Waals surface area contributed by atoms with Gasteiger partial charge in [0.15, 0.2) is 0 Å². The summed E-state index contributed by atoms with van der Waals surface area (Å²) in [6.45, 7) is 2.15. The standard InChI is InChI=1S/C23H16FN7O2/c1-12-8-14(12)22-28-21(29-33-22)18-20-23(32)30(10-13-4-2-3-7-26-13)19-15(9-25)16(24)5-6-17(19)31(20)11-27-18/h2-7,11-12,14H,8,10H2,1H3. The van der Waals surface area contributed by atoms with Gasteiger partial charge >= 0.3 is 0 Å². The highest BCUT2D eigenvalue weighted by Gasteiger charge is 2.39. The quantitative estimate of drug-likeness (QED) is 0.420. The molecule has 4 heterocycles. The minimum Gasteiger partial charge on any atom is -0.339 e. The third kappa shape index (κ3) is 2.93. The number of hydrogen-bond donors (Lipinski definition) is 0. The molecule has 1 aliphatic carbocycles. The van der Waals surface area contributed by atoms with Crippen LogP contribution < -0.4 is 5.56 Å². The third-order valence-electron chi connectivity index (χ3n) is 6.09. The molecular weight excluding hydrogens is 425 g/mol. The first-order valence-corrected chi connectivity index (χ1v) is 10.4. The maximum absolute atomic E-state index is 14.5. The van der Waals surface area contributed by atoms with Crippen LogP contribution in [0, 0.1) is 23.1 Å². The van der Waals surface area contributed by atoms with Crippen LogP contribution in [0.1, 0.15) is 36.4 Å². The lowest BCUT2D eigenvalue weighted by Gasteiger charge is -2.14. The van der Waals surface area contributed by atoms with Crippen molar-refractivity contribution in [3.8, 4) is 17.6 Å². The smallest absolute Gasteiger partial charge is 0.278 e. The number of pyridine rings is 1. The minimum atomic E-state index is -0.708. The number of imidazole rings is 1. The van der Waals surface area contributed by atoms with E-state index in [4.69, 9.17) is 4.52 Å². The van der Waals surface area contributed by atoms with Crippen LogP contribution in [-0.4, -0.2) is 29.1 Å². The average Bonchev–Trinajstić information content (AvgIpc) is 3.20. The molecule has 0 spiro atoms. The summed E-state index contributed by atoms with van der Waals surface area (Å²) in [6, 6.07) is 9.93. The van der Waals surface area contributed by atoms with Gasteiger partial charge in [0.1, 0.15) is 35.0 Å². The van der Waals surface area contributed by atoms with Crippen LogP contribution in [0.3, 0.4) is 0 Å². The summed E-state index contributed by atoms with van der Waals surface area (Å²) in [6.07, 6.45) is 4.04. The summed E-state index contributed by atoms with van der Waals surface area (Å²) >= 11 is 0. The number of fused-ring (bicyclic) bond motifs is 3. The number of benzene rings is 1. The highest BCUT2D eigenvalue weighted by Crippen LogP contribution is 2.46. The van der Waals surface area contributed by atoms with E-state index in [1.54, 1.807) is 24.4 Å². The summed E-state index contributed by atoms with van der Waals surface area (Å²) in [5.41, 5.74) is 1.01. The van der Waals surface area contributed by atoms with E-state index in [1.165, 1.54) is 27.4 Å². The molecule has 1 aliphatic rings. The lowest BCUT2D eigenvalue weighted by Crippen LogP contribution is -2.25. The minimum absolute atomic E-state index is 0.0481. The van der Waals surface area contributed by atoms with Crippen LogP contribution in [0.15, 0.2) is 52.2 Å². The first kappa shape index (κ1) is 19.3. The van der Waals surface area contributed by atoms with Gasteiger partial charge in [0.2, 0.25) is 11.7 Å². The number of hydrogen-bond acceptors (Lipinski definition) is 7. The fourth-order valence-corrected chi connectivity index (χ4v) is 4.21. The monoisotopic (exact) mass is 441 g/mol. The number of nitrogens with zero attached hydrogens (tertiary/aromatic N) is 7. The molecule has 6 rings (SSSR count). The van der Waals surface area contributed by atoms with Gasteiger partial charge in [0.25, 0.3) is 5.56 Å². The first-order chi connectivity index (χ1) is 16.1. The van der Waals surface area contributed by atoms with E-state index in [0.717, 1.165) is 6.42 Å². The Morgan fingerprint density at radius 2 is 2.09 bits per heavy atom. The molecule has 33 heavy (non-hydrogen) atoms. The molecule has 9 nitrogen and oxygen atoms in total. The van der Waals surface area contributed by atoms with Crippen molar-refractivity contribution in [2.45, 2.75) is 25.8 Å². The predicted octanol–water partition coefficient (Wildman–Crippen LogP) is 3.28. The highest BCUT2D eigenvalue weighted by molar-refractivity contribution is 5.87. The lowest BCUT2D eigenvalue weighted by molar-refractivity contribution is 0.376. The van der Waals surface area contributed by atoms with E-state index in [0.29, 0.717) is 23.0 Å². The molecule has 0 N–H and O–H groups in total. The number of aromatic nitrogens is 6. The topological polar surface area (TPSA) is 115 Å². The van der Waals surface area contributed by atoms with Gasteiger partial charge < -0.3 is 4.52 Å². The van der Waals surface area contributed by atoms with Gasteiger partial charge in [-0.3, -0.25) is 18.7 Å². The zero-order chi connectivity index (χ0) is 22.7. The molecule has 0 bridgehead atoms. The average molecular weight is 441 g/mol.